The first-order chi connectivity index (χ1) is 12.4. The van der Waals surface area contributed by atoms with Crippen molar-refractivity contribution >= 4 is 11.8 Å². The molecule has 5 nitrogen and oxygen atoms in total. The summed E-state index contributed by atoms with van der Waals surface area (Å²) in [4.78, 5) is 0. The van der Waals surface area contributed by atoms with Gasteiger partial charge in [-0.1, -0.05) is 41.6 Å². The van der Waals surface area contributed by atoms with Gasteiger partial charge in [0.15, 0.2) is 5.82 Å². The molecule has 0 aliphatic rings. The lowest BCUT2D eigenvalue weighted by molar-refractivity contribution is 0.289. The number of aromatic nitrogens is 3. The molecule has 2 N–H and O–H groups in total. The van der Waals surface area contributed by atoms with Crippen LogP contribution in [-0.4, -0.2) is 14.9 Å². The van der Waals surface area contributed by atoms with Crippen LogP contribution in [0.4, 0.5) is 4.39 Å². The lowest BCUT2D eigenvalue weighted by Crippen LogP contribution is -2.16. The number of thioether (sulfide) groups is 1. The van der Waals surface area contributed by atoms with Crippen LogP contribution in [-0.2, 0) is 6.61 Å². The van der Waals surface area contributed by atoms with Crippen LogP contribution in [0.5, 0.6) is 5.75 Å². The van der Waals surface area contributed by atoms with E-state index in [1.807, 2.05) is 32.9 Å². The molecule has 26 heavy (non-hydrogen) atoms. The van der Waals surface area contributed by atoms with Crippen molar-refractivity contribution in [1.82, 2.24) is 14.9 Å². The SMILES string of the molecule is Cc1ccc(OCc2nnc(S[C@@H](C)c3ccc(F)cc3)n2N)c(C)c1. The first-order valence-corrected chi connectivity index (χ1v) is 9.13. The normalized spacial score (nSPS) is 12.2. The molecule has 0 aliphatic carbocycles. The molecule has 3 rings (SSSR count). The lowest BCUT2D eigenvalue weighted by Gasteiger charge is -2.12. The molecular formula is C19H21FN4OS. The van der Waals surface area contributed by atoms with E-state index in [1.54, 1.807) is 12.1 Å². The number of ether oxygens (including phenoxy) is 1. The highest BCUT2D eigenvalue weighted by Gasteiger charge is 2.16. The van der Waals surface area contributed by atoms with Gasteiger partial charge >= 0.3 is 0 Å². The van der Waals surface area contributed by atoms with Gasteiger partial charge in [-0.05, 0) is 50.1 Å². The van der Waals surface area contributed by atoms with Gasteiger partial charge in [0.1, 0.15) is 18.2 Å². The summed E-state index contributed by atoms with van der Waals surface area (Å²) in [5, 5.41) is 8.91. The van der Waals surface area contributed by atoms with Crippen molar-refractivity contribution in [3.63, 3.8) is 0 Å². The van der Waals surface area contributed by atoms with E-state index in [0.717, 1.165) is 16.9 Å². The molecule has 1 atom stereocenters. The quantitative estimate of drug-likeness (QED) is 0.519. The smallest absolute Gasteiger partial charge is 0.210 e. The van der Waals surface area contributed by atoms with Gasteiger partial charge in [-0.2, -0.15) is 0 Å². The summed E-state index contributed by atoms with van der Waals surface area (Å²) in [6.07, 6.45) is 0. The van der Waals surface area contributed by atoms with E-state index in [0.29, 0.717) is 11.0 Å². The Bertz CT molecular complexity index is 895. The molecule has 0 fully saturated rings. The molecule has 0 radical (unpaired) electrons. The van der Waals surface area contributed by atoms with E-state index in [1.165, 1.54) is 34.1 Å². The van der Waals surface area contributed by atoms with Crippen molar-refractivity contribution < 1.29 is 9.13 Å². The molecule has 7 heteroatoms. The van der Waals surface area contributed by atoms with E-state index >= 15 is 0 Å². The fourth-order valence-corrected chi connectivity index (χ4v) is 3.47. The average Bonchev–Trinajstić information content (AvgIpc) is 2.95. The first-order valence-electron chi connectivity index (χ1n) is 8.25. The summed E-state index contributed by atoms with van der Waals surface area (Å²) < 4.78 is 20.3. The maximum Gasteiger partial charge on any atom is 0.210 e. The van der Waals surface area contributed by atoms with Crippen molar-refractivity contribution in [2.24, 2.45) is 0 Å². The molecule has 0 aliphatic heterocycles. The zero-order valence-electron chi connectivity index (χ0n) is 14.9. The number of benzene rings is 2. The van der Waals surface area contributed by atoms with Gasteiger partial charge in [-0.25, -0.2) is 9.07 Å². The van der Waals surface area contributed by atoms with Crippen LogP contribution in [0.15, 0.2) is 47.6 Å². The molecule has 0 bridgehead atoms. The Morgan fingerprint density at radius 3 is 2.58 bits per heavy atom. The van der Waals surface area contributed by atoms with E-state index in [-0.39, 0.29) is 17.7 Å². The molecule has 136 valence electrons. The van der Waals surface area contributed by atoms with Gasteiger partial charge in [0.2, 0.25) is 5.16 Å². The number of halogens is 1. The fraction of sp³-hybridized carbons (Fsp3) is 0.263. The first kappa shape index (κ1) is 18.3. The Hall–Kier alpha value is -2.54. The van der Waals surface area contributed by atoms with Gasteiger partial charge in [0, 0.05) is 5.25 Å². The maximum absolute atomic E-state index is 13.1. The number of nitrogens with zero attached hydrogens (tertiary/aromatic N) is 3. The van der Waals surface area contributed by atoms with E-state index in [2.05, 4.69) is 16.3 Å². The van der Waals surface area contributed by atoms with E-state index in [4.69, 9.17) is 10.6 Å². The Kier molecular flexibility index (Phi) is 5.46. The van der Waals surface area contributed by atoms with Crippen molar-refractivity contribution in [3.8, 4) is 5.75 Å². The molecule has 1 aromatic heterocycles. The minimum atomic E-state index is -0.251. The molecule has 1 heterocycles. The highest BCUT2D eigenvalue weighted by molar-refractivity contribution is 7.99. The van der Waals surface area contributed by atoms with Gasteiger partial charge in [0.05, 0.1) is 0 Å². The molecule has 0 unspecified atom stereocenters. The van der Waals surface area contributed by atoms with Gasteiger partial charge in [0.25, 0.3) is 0 Å². The third-order valence-corrected chi connectivity index (χ3v) is 5.16. The summed E-state index contributed by atoms with van der Waals surface area (Å²) in [6.45, 7) is 6.29. The van der Waals surface area contributed by atoms with Crippen LogP contribution in [0.1, 0.15) is 34.7 Å². The Morgan fingerprint density at radius 1 is 1.15 bits per heavy atom. The summed E-state index contributed by atoms with van der Waals surface area (Å²) >= 11 is 1.46. The summed E-state index contributed by atoms with van der Waals surface area (Å²) in [5.41, 5.74) is 3.24. The predicted octanol–water partition coefficient (Wildman–Crippen LogP) is 4.18. The highest BCUT2D eigenvalue weighted by Crippen LogP contribution is 2.33. The molecule has 0 saturated heterocycles. The highest BCUT2D eigenvalue weighted by atomic mass is 32.2. The lowest BCUT2D eigenvalue weighted by atomic mass is 10.1. The zero-order chi connectivity index (χ0) is 18.7. The molecule has 0 spiro atoms. The largest absolute Gasteiger partial charge is 0.485 e. The monoisotopic (exact) mass is 372 g/mol. The number of nitrogen functional groups attached to an aromatic ring is 1. The molecule has 0 amide bonds. The van der Waals surface area contributed by atoms with E-state index in [9.17, 15) is 4.39 Å². The van der Waals surface area contributed by atoms with Gasteiger partial charge in [-0.3, -0.25) is 0 Å². The molecule has 2 aromatic carbocycles. The van der Waals surface area contributed by atoms with Crippen molar-refractivity contribution in [1.29, 1.82) is 0 Å². The molecule has 0 saturated carbocycles. The fourth-order valence-electron chi connectivity index (χ4n) is 2.55. The van der Waals surface area contributed by atoms with Crippen LogP contribution in [0, 0.1) is 19.7 Å². The molecular weight excluding hydrogens is 351 g/mol. The minimum Gasteiger partial charge on any atom is -0.485 e. The topological polar surface area (TPSA) is 66.0 Å². The van der Waals surface area contributed by atoms with Crippen LogP contribution in [0.3, 0.4) is 0 Å². The minimum absolute atomic E-state index is 0.0650. The summed E-state index contributed by atoms with van der Waals surface area (Å²) in [6, 6.07) is 12.4. The van der Waals surface area contributed by atoms with Crippen molar-refractivity contribution in [2.45, 2.75) is 37.8 Å². The second-order valence-corrected chi connectivity index (χ2v) is 7.45. The van der Waals surface area contributed by atoms with Gasteiger partial charge in [-0.15, -0.1) is 10.2 Å². The number of aryl methyl sites for hydroxylation is 2. The Morgan fingerprint density at radius 2 is 1.88 bits per heavy atom. The average molecular weight is 372 g/mol. The van der Waals surface area contributed by atoms with Crippen LogP contribution in [0.25, 0.3) is 0 Å². The standard InChI is InChI=1S/C19H21FN4OS/c1-12-4-9-17(13(2)10-12)25-11-18-22-23-19(24(18)21)26-14(3)15-5-7-16(20)8-6-15/h4-10,14H,11,21H2,1-3H3/t14-/m0/s1. The van der Waals surface area contributed by atoms with Gasteiger partial charge < -0.3 is 10.6 Å². The Labute approximate surface area is 156 Å². The van der Waals surface area contributed by atoms with Crippen molar-refractivity contribution in [3.05, 3.63) is 70.8 Å². The number of hydrogen-bond acceptors (Lipinski definition) is 5. The third-order valence-electron chi connectivity index (χ3n) is 4.04. The number of rotatable bonds is 6. The summed E-state index contributed by atoms with van der Waals surface area (Å²) in [7, 11) is 0. The predicted molar refractivity (Wildman–Crippen MR) is 101 cm³/mol. The second-order valence-electron chi connectivity index (χ2n) is 6.14. The van der Waals surface area contributed by atoms with E-state index < -0.39 is 0 Å². The van der Waals surface area contributed by atoms with Crippen LogP contribution >= 0.6 is 11.8 Å². The summed E-state index contributed by atoms with van der Waals surface area (Å²) in [5.74, 6) is 7.20. The second kappa shape index (κ2) is 7.78. The van der Waals surface area contributed by atoms with Crippen molar-refractivity contribution in [2.75, 3.05) is 5.84 Å². The maximum atomic E-state index is 13.1. The van der Waals surface area contributed by atoms with Crippen LogP contribution < -0.4 is 10.6 Å². The molecule has 3 aromatic rings. The number of nitrogens with two attached hydrogens (primary N) is 1. The number of hydrogen-bond donors (Lipinski definition) is 1. The Balaban J connectivity index is 1.66. The zero-order valence-corrected chi connectivity index (χ0v) is 15.8. The van der Waals surface area contributed by atoms with Crippen LogP contribution in [0.2, 0.25) is 0 Å². The third kappa shape index (κ3) is 4.16.